The Bertz CT molecular complexity index is 902. The Morgan fingerprint density at radius 1 is 1.30 bits per heavy atom. The molecule has 2 aliphatic rings. The van der Waals surface area contributed by atoms with Crippen LogP contribution in [0.2, 0.25) is 5.02 Å². The number of amides is 1. The lowest BCUT2D eigenvalue weighted by molar-refractivity contribution is -0.0231. The van der Waals surface area contributed by atoms with Crippen molar-refractivity contribution in [2.75, 3.05) is 13.1 Å². The first kappa shape index (κ1) is 18.0. The van der Waals surface area contributed by atoms with Crippen LogP contribution in [0.1, 0.15) is 23.2 Å². The zero-order chi connectivity index (χ0) is 19.0. The predicted octanol–water partition coefficient (Wildman–Crippen LogP) is 1.71. The molecule has 1 aliphatic carbocycles. The van der Waals surface area contributed by atoms with Gasteiger partial charge in [0.05, 0.1) is 12.4 Å². The number of hydrogen-bond donors (Lipinski definition) is 2. The van der Waals surface area contributed by atoms with Crippen LogP contribution in [-0.2, 0) is 0 Å². The number of fused-ring (bicyclic) bond motifs is 1. The number of ether oxygens (including phenoxy) is 1. The molecule has 1 aliphatic heterocycles. The molecule has 2 N–H and O–H groups in total. The number of aliphatic hydroxyl groups excluding tert-OH is 1. The highest BCUT2D eigenvalue weighted by atomic mass is 35.5. The third-order valence-electron chi connectivity index (χ3n) is 5.40. The van der Waals surface area contributed by atoms with Crippen LogP contribution in [0.15, 0.2) is 41.6 Å². The first-order valence-electron chi connectivity index (χ1n) is 8.93. The number of hydrogen-bond acceptors (Lipinski definition) is 5. The first-order valence-corrected chi connectivity index (χ1v) is 9.31. The van der Waals surface area contributed by atoms with E-state index in [2.05, 4.69) is 9.97 Å². The van der Waals surface area contributed by atoms with Gasteiger partial charge in [0, 0.05) is 24.3 Å². The molecule has 1 saturated heterocycles. The fourth-order valence-corrected chi connectivity index (χ4v) is 4.24. The molecule has 0 unspecified atom stereocenters. The lowest BCUT2D eigenvalue weighted by Gasteiger charge is -2.35. The van der Waals surface area contributed by atoms with Crippen LogP contribution < -0.4 is 10.3 Å². The number of carbonyl (C=O) groups excluding carboxylic acids is 1. The van der Waals surface area contributed by atoms with Gasteiger partial charge in [0.1, 0.15) is 17.4 Å². The van der Waals surface area contributed by atoms with Crippen LogP contribution in [0, 0.1) is 11.8 Å². The second kappa shape index (κ2) is 7.32. The van der Waals surface area contributed by atoms with Crippen molar-refractivity contribution in [1.82, 2.24) is 14.9 Å². The summed E-state index contributed by atoms with van der Waals surface area (Å²) in [6.07, 6.45) is 2.80. The van der Waals surface area contributed by atoms with Gasteiger partial charge in [0.2, 0.25) is 0 Å². The fourth-order valence-electron chi connectivity index (χ4n) is 4.06. The molecule has 4 atom stereocenters. The molecule has 27 heavy (non-hydrogen) atoms. The molecular weight excluding hydrogens is 370 g/mol. The highest BCUT2D eigenvalue weighted by Gasteiger charge is 2.44. The molecule has 1 aromatic heterocycles. The summed E-state index contributed by atoms with van der Waals surface area (Å²) < 4.78 is 5.95. The van der Waals surface area contributed by atoms with Crippen LogP contribution in [0.5, 0.6) is 5.75 Å². The van der Waals surface area contributed by atoms with Crippen molar-refractivity contribution in [2.45, 2.75) is 25.0 Å². The largest absolute Gasteiger partial charge is 0.488 e. The Hall–Kier alpha value is -2.38. The van der Waals surface area contributed by atoms with E-state index in [0.29, 0.717) is 36.7 Å². The van der Waals surface area contributed by atoms with Crippen LogP contribution in [0.4, 0.5) is 0 Å². The average molecular weight is 390 g/mol. The molecular formula is C19H20ClN3O4. The summed E-state index contributed by atoms with van der Waals surface area (Å²) in [5.41, 5.74) is -0.393. The van der Waals surface area contributed by atoms with Gasteiger partial charge >= 0.3 is 0 Å². The zero-order valence-electron chi connectivity index (χ0n) is 14.5. The third-order valence-corrected chi connectivity index (χ3v) is 5.64. The number of aromatic amines is 1. The maximum atomic E-state index is 12.7. The number of H-pyrrole nitrogens is 1. The van der Waals surface area contributed by atoms with E-state index in [9.17, 15) is 14.7 Å². The number of aromatic nitrogens is 2. The van der Waals surface area contributed by atoms with E-state index in [1.54, 1.807) is 23.1 Å². The van der Waals surface area contributed by atoms with Gasteiger partial charge in [-0.25, -0.2) is 4.98 Å². The normalized spacial score (nSPS) is 27.3. The fraction of sp³-hybridized carbons (Fsp3) is 0.421. The second-order valence-electron chi connectivity index (χ2n) is 7.18. The molecule has 8 heteroatoms. The number of rotatable bonds is 3. The van der Waals surface area contributed by atoms with Crippen molar-refractivity contribution >= 4 is 17.5 Å². The van der Waals surface area contributed by atoms with Crippen LogP contribution in [-0.4, -0.2) is 51.2 Å². The van der Waals surface area contributed by atoms with Crippen molar-refractivity contribution in [3.63, 3.8) is 0 Å². The minimum Gasteiger partial charge on any atom is -0.488 e. The minimum atomic E-state index is -0.609. The van der Waals surface area contributed by atoms with Gasteiger partial charge in [-0.05, 0) is 42.9 Å². The van der Waals surface area contributed by atoms with E-state index in [-0.39, 0.29) is 29.4 Å². The van der Waals surface area contributed by atoms with E-state index < -0.39 is 11.7 Å². The predicted molar refractivity (Wildman–Crippen MR) is 98.9 cm³/mol. The van der Waals surface area contributed by atoms with Crippen LogP contribution in [0.3, 0.4) is 0 Å². The lowest BCUT2D eigenvalue weighted by atomic mass is 9.78. The molecule has 4 rings (SSSR count). The first-order chi connectivity index (χ1) is 13.0. The topological polar surface area (TPSA) is 95.5 Å². The summed E-state index contributed by atoms with van der Waals surface area (Å²) in [4.78, 5) is 32.5. The number of benzene rings is 1. The maximum absolute atomic E-state index is 12.7. The maximum Gasteiger partial charge on any atom is 0.263 e. The number of nitrogens with zero attached hydrogens (tertiary/aromatic N) is 2. The molecule has 1 saturated carbocycles. The summed E-state index contributed by atoms with van der Waals surface area (Å²) in [6, 6.07) is 7.10. The molecule has 1 aromatic carbocycles. The van der Waals surface area contributed by atoms with E-state index in [0.717, 1.165) is 0 Å². The van der Waals surface area contributed by atoms with E-state index in [1.807, 2.05) is 6.07 Å². The van der Waals surface area contributed by atoms with Gasteiger partial charge in [-0.3, -0.25) is 9.59 Å². The highest BCUT2D eigenvalue weighted by molar-refractivity contribution is 6.30. The SMILES string of the molecule is O=C(c1cnc[nH]c1=O)N1C[C@H]2C[C@@H](Oc3cccc(Cl)c3)[C@H](O)C[C@H]2C1. The number of aliphatic hydroxyl groups is 1. The van der Waals surface area contributed by atoms with Gasteiger partial charge in [-0.1, -0.05) is 17.7 Å². The van der Waals surface area contributed by atoms with E-state index in [4.69, 9.17) is 16.3 Å². The van der Waals surface area contributed by atoms with E-state index >= 15 is 0 Å². The van der Waals surface area contributed by atoms with Crippen LogP contribution >= 0.6 is 11.6 Å². The number of halogens is 1. The summed E-state index contributed by atoms with van der Waals surface area (Å²) in [7, 11) is 0. The van der Waals surface area contributed by atoms with Gasteiger partial charge in [0.25, 0.3) is 11.5 Å². The monoisotopic (exact) mass is 389 g/mol. The Morgan fingerprint density at radius 3 is 2.81 bits per heavy atom. The standard InChI is InChI=1S/C19H20ClN3O4/c20-13-2-1-3-14(6-13)27-17-5-12-9-23(8-11(12)4-16(17)24)19(26)15-7-21-10-22-18(15)25/h1-3,6-7,10-12,16-17,24H,4-5,8-9H2,(H,21,22,25)/t11-,12+,16+,17+/m0/s1. The molecule has 0 spiro atoms. The van der Waals surface area contributed by atoms with Crippen molar-refractivity contribution < 1.29 is 14.6 Å². The van der Waals surface area contributed by atoms with Gasteiger partial charge in [0.15, 0.2) is 0 Å². The van der Waals surface area contributed by atoms with Gasteiger partial charge < -0.3 is 19.7 Å². The number of likely N-dealkylation sites (tertiary alicyclic amines) is 1. The third kappa shape index (κ3) is 3.70. The zero-order valence-corrected chi connectivity index (χ0v) is 15.3. The van der Waals surface area contributed by atoms with Gasteiger partial charge in [-0.15, -0.1) is 0 Å². The quantitative estimate of drug-likeness (QED) is 0.833. The average Bonchev–Trinajstić information content (AvgIpc) is 3.04. The molecule has 7 nitrogen and oxygen atoms in total. The Labute approximate surface area is 160 Å². The Kier molecular flexibility index (Phi) is 4.88. The molecule has 0 radical (unpaired) electrons. The Balaban J connectivity index is 1.45. The molecule has 142 valence electrons. The molecule has 0 bridgehead atoms. The Morgan fingerprint density at radius 2 is 2.07 bits per heavy atom. The van der Waals surface area contributed by atoms with Crippen LogP contribution in [0.25, 0.3) is 0 Å². The summed E-state index contributed by atoms with van der Waals surface area (Å²) >= 11 is 5.99. The lowest BCUT2D eigenvalue weighted by Crippen LogP contribution is -2.42. The second-order valence-corrected chi connectivity index (χ2v) is 7.61. The highest BCUT2D eigenvalue weighted by Crippen LogP contribution is 2.38. The number of carbonyl (C=O) groups is 1. The minimum absolute atomic E-state index is 0.0448. The smallest absolute Gasteiger partial charge is 0.263 e. The van der Waals surface area contributed by atoms with Crippen molar-refractivity contribution in [3.8, 4) is 5.75 Å². The number of nitrogens with one attached hydrogen (secondary N) is 1. The molecule has 2 aromatic rings. The van der Waals surface area contributed by atoms with E-state index in [1.165, 1.54) is 12.5 Å². The van der Waals surface area contributed by atoms with Crippen molar-refractivity contribution in [3.05, 3.63) is 57.7 Å². The van der Waals surface area contributed by atoms with Gasteiger partial charge in [-0.2, -0.15) is 0 Å². The molecule has 1 amide bonds. The van der Waals surface area contributed by atoms with Crippen molar-refractivity contribution in [2.24, 2.45) is 11.8 Å². The summed E-state index contributed by atoms with van der Waals surface area (Å²) in [5.74, 6) is 0.717. The van der Waals surface area contributed by atoms with Crippen molar-refractivity contribution in [1.29, 1.82) is 0 Å². The summed E-state index contributed by atoms with van der Waals surface area (Å²) in [6.45, 7) is 1.07. The molecule has 2 heterocycles. The summed E-state index contributed by atoms with van der Waals surface area (Å²) in [5, 5.41) is 11.1. The molecule has 2 fully saturated rings.